The molecule has 0 unspecified atom stereocenters. The Morgan fingerprint density at radius 2 is 1.75 bits per heavy atom. The van der Waals surface area contributed by atoms with Crippen molar-refractivity contribution < 1.29 is 23.7 Å². The van der Waals surface area contributed by atoms with E-state index < -0.39 is 13.4 Å². The molecule has 0 atom stereocenters. The Bertz CT molecular complexity index is 300. The number of ketones is 1. The Balaban J connectivity index is 2.66. The van der Waals surface area contributed by atoms with Crippen molar-refractivity contribution in [1.29, 1.82) is 0 Å². The molecule has 0 amide bonds. The molecule has 0 aliphatic heterocycles. The number of phosphoric ester groups is 1. The molecule has 0 bridgehead atoms. The van der Waals surface area contributed by atoms with Gasteiger partial charge in [0.1, 0.15) is 5.60 Å². The minimum atomic E-state index is -4.61. The van der Waals surface area contributed by atoms with Gasteiger partial charge in [-0.05, 0) is 26.7 Å². The van der Waals surface area contributed by atoms with E-state index in [2.05, 4.69) is 4.52 Å². The van der Waals surface area contributed by atoms with E-state index in [-0.39, 0.29) is 11.7 Å². The maximum absolute atomic E-state index is 12.0. The molecule has 94 valence electrons. The lowest BCUT2D eigenvalue weighted by atomic mass is 9.81. The molecule has 1 fully saturated rings. The predicted octanol–water partition coefficient (Wildman–Crippen LogP) is 2.02. The van der Waals surface area contributed by atoms with Crippen LogP contribution in [0.4, 0.5) is 0 Å². The van der Waals surface area contributed by atoms with Crippen molar-refractivity contribution in [1.82, 2.24) is 0 Å². The standard InChI is InChI=1S/C10H19O5P/c1-10(2,15-16(12,13)14)9(11)8-6-4-3-5-7-8/h8H,3-7H2,1-2H3,(H2,12,13,14). The molecule has 6 heteroatoms. The van der Waals surface area contributed by atoms with Crippen LogP contribution in [0.1, 0.15) is 46.0 Å². The van der Waals surface area contributed by atoms with E-state index in [0.29, 0.717) is 0 Å². The molecule has 0 aromatic rings. The van der Waals surface area contributed by atoms with Crippen LogP contribution in [-0.2, 0) is 13.9 Å². The summed E-state index contributed by atoms with van der Waals surface area (Å²) >= 11 is 0. The summed E-state index contributed by atoms with van der Waals surface area (Å²) < 4.78 is 15.3. The summed E-state index contributed by atoms with van der Waals surface area (Å²) in [5.41, 5.74) is -1.40. The minimum absolute atomic E-state index is 0.115. The molecular formula is C10H19O5P. The molecule has 1 saturated carbocycles. The van der Waals surface area contributed by atoms with Crippen molar-refractivity contribution >= 4 is 13.6 Å². The Morgan fingerprint density at radius 3 is 2.19 bits per heavy atom. The van der Waals surface area contributed by atoms with Crippen molar-refractivity contribution in [2.24, 2.45) is 5.92 Å². The number of rotatable bonds is 4. The van der Waals surface area contributed by atoms with Crippen LogP contribution in [0.15, 0.2) is 0 Å². The molecular weight excluding hydrogens is 231 g/mol. The fourth-order valence-corrected chi connectivity index (χ4v) is 2.88. The van der Waals surface area contributed by atoms with E-state index in [1.165, 1.54) is 13.8 Å². The van der Waals surface area contributed by atoms with Gasteiger partial charge in [-0.1, -0.05) is 19.3 Å². The molecule has 1 rings (SSSR count). The van der Waals surface area contributed by atoms with Gasteiger partial charge in [-0.2, -0.15) is 0 Å². The number of Topliss-reactive ketones (excluding diaryl/α,β-unsaturated/α-hetero) is 1. The summed E-state index contributed by atoms with van der Waals surface area (Å²) in [5, 5.41) is 0. The van der Waals surface area contributed by atoms with E-state index in [4.69, 9.17) is 9.79 Å². The largest absolute Gasteiger partial charge is 0.470 e. The van der Waals surface area contributed by atoms with Crippen molar-refractivity contribution in [3.8, 4) is 0 Å². The molecule has 1 aliphatic carbocycles. The molecule has 0 saturated heterocycles. The zero-order chi connectivity index (χ0) is 12.4. The first-order valence-corrected chi connectivity index (χ1v) is 7.06. The summed E-state index contributed by atoms with van der Waals surface area (Å²) in [6, 6.07) is 0. The highest BCUT2D eigenvalue weighted by Crippen LogP contribution is 2.43. The van der Waals surface area contributed by atoms with Crippen LogP contribution in [0.3, 0.4) is 0 Å². The lowest BCUT2D eigenvalue weighted by Crippen LogP contribution is -2.39. The van der Waals surface area contributed by atoms with Gasteiger partial charge in [0.05, 0.1) is 0 Å². The second-order valence-electron chi connectivity index (χ2n) is 4.79. The number of hydrogen-bond acceptors (Lipinski definition) is 3. The van der Waals surface area contributed by atoms with Crippen LogP contribution in [0.2, 0.25) is 0 Å². The van der Waals surface area contributed by atoms with Crippen LogP contribution >= 0.6 is 7.82 Å². The Hall–Kier alpha value is -0.220. The molecule has 16 heavy (non-hydrogen) atoms. The number of carbonyl (C=O) groups excluding carboxylic acids is 1. The van der Waals surface area contributed by atoms with Crippen LogP contribution in [0, 0.1) is 5.92 Å². The summed E-state index contributed by atoms with van der Waals surface area (Å²) in [4.78, 5) is 29.5. The van der Waals surface area contributed by atoms with E-state index >= 15 is 0 Å². The maximum atomic E-state index is 12.0. The average molecular weight is 250 g/mol. The Morgan fingerprint density at radius 1 is 1.25 bits per heavy atom. The quantitative estimate of drug-likeness (QED) is 0.746. The fraction of sp³-hybridized carbons (Fsp3) is 0.900. The summed E-state index contributed by atoms with van der Waals surface area (Å²) in [6.07, 6.45) is 4.73. The van der Waals surface area contributed by atoms with E-state index in [1.54, 1.807) is 0 Å². The third kappa shape index (κ3) is 3.98. The molecule has 0 spiro atoms. The summed E-state index contributed by atoms with van der Waals surface area (Å²) in [7, 11) is -4.61. The highest BCUT2D eigenvalue weighted by atomic mass is 31.2. The van der Waals surface area contributed by atoms with Gasteiger partial charge in [-0.25, -0.2) is 4.57 Å². The lowest BCUT2D eigenvalue weighted by molar-refractivity contribution is -0.138. The van der Waals surface area contributed by atoms with Crippen molar-refractivity contribution in [2.75, 3.05) is 0 Å². The monoisotopic (exact) mass is 250 g/mol. The molecule has 2 N–H and O–H groups in total. The summed E-state index contributed by atoms with van der Waals surface area (Å²) in [5.74, 6) is -0.314. The van der Waals surface area contributed by atoms with Gasteiger partial charge in [0.25, 0.3) is 0 Å². The number of carbonyl (C=O) groups is 1. The fourth-order valence-electron chi connectivity index (χ4n) is 2.20. The normalized spacial score (nSPS) is 19.8. The van der Waals surface area contributed by atoms with Crippen LogP contribution in [0.5, 0.6) is 0 Å². The van der Waals surface area contributed by atoms with Crippen LogP contribution in [0.25, 0.3) is 0 Å². The van der Waals surface area contributed by atoms with Gasteiger partial charge in [-0.3, -0.25) is 9.32 Å². The van der Waals surface area contributed by atoms with Crippen molar-refractivity contribution in [2.45, 2.75) is 51.6 Å². The number of phosphoric acid groups is 1. The second kappa shape index (κ2) is 4.96. The lowest BCUT2D eigenvalue weighted by Gasteiger charge is -2.30. The van der Waals surface area contributed by atoms with Crippen LogP contribution in [-0.4, -0.2) is 21.2 Å². The number of hydrogen-bond donors (Lipinski definition) is 2. The van der Waals surface area contributed by atoms with Crippen LogP contribution < -0.4 is 0 Å². The van der Waals surface area contributed by atoms with E-state index in [1.807, 2.05) is 0 Å². The topological polar surface area (TPSA) is 83.8 Å². The van der Waals surface area contributed by atoms with Gasteiger partial charge in [-0.15, -0.1) is 0 Å². The SMILES string of the molecule is CC(C)(OP(=O)(O)O)C(=O)C1CCCCC1. The zero-order valence-corrected chi connectivity index (χ0v) is 10.6. The second-order valence-corrected chi connectivity index (χ2v) is 5.96. The molecule has 1 aliphatic rings. The summed E-state index contributed by atoms with van der Waals surface area (Å²) in [6.45, 7) is 2.84. The third-order valence-electron chi connectivity index (χ3n) is 2.92. The van der Waals surface area contributed by atoms with Gasteiger partial charge in [0.15, 0.2) is 5.78 Å². The molecule has 0 radical (unpaired) electrons. The Kier molecular flexibility index (Phi) is 4.29. The molecule has 0 aromatic carbocycles. The molecule has 5 nitrogen and oxygen atoms in total. The van der Waals surface area contributed by atoms with Crippen molar-refractivity contribution in [3.63, 3.8) is 0 Å². The van der Waals surface area contributed by atoms with Gasteiger partial charge in [0, 0.05) is 5.92 Å². The third-order valence-corrected chi connectivity index (χ3v) is 3.61. The van der Waals surface area contributed by atoms with E-state index in [0.717, 1.165) is 32.1 Å². The first-order valence-electron chi connectivity index (χ1n) is 5.53. The average Bonchev–Trinajstić information content (AvgIpc) is 2.14. The first kappa shape index (κ1) is 13.8. The van der Waals surface area contributed by atoms with E-state index in [9.17, 15) is 9.36 Å². The molecule has 0 aromatic heterocycles. The highest BCUT2D eigenvalue weighted by Gasteiger charge is 2.39. The Labute approximate surface area is 95.4 Å². The molecule has 0 heterocycles. The first-order chi connectivity index (χ1) is 7.22. The van der Waals surface area contributed by atoms with Gasteiger partial charge in [0.2, 0.25) is 0 Å². The highest BCUT2D eigenvalue weighted by molar-refractivity contribution is 7.46. The van der Waals surface area contributed by atoms with Gasteiger partial charge >= 0.3 is 7.82 Å². The smallest absolute Gasteiger partial charge is 0.303 e. The van der Waals surface area contributed by atoms with Crippen molar-refractivity contribution in [3.05, 3.63) is 0 Å². The predicted molar refractivity (Wildman–Crippen MR) is 58.8 cm³/mol. The minimum Gasteiger partial charge on any atom is -0.303 e. The van der Waals surface area contributed by atoms with Gasteiger partial charge < -0.3 is 9.79 Å². The maximum Gasteiger partial charge on any atom is 0.470 e. The zero-order valence-electron chi connectivity index (χ0n) is 9.68.